The number of nitrogens with zero attached hydrogens (tertiary/aromatic N) is 3. The molecule has 0 unspecified atom stereocenters. The number of aromatic nitrogens is 3. The Hall–Kier alpha value is -3.64. The van der Waals surface area contributed by atoms with Crippen molar-refractivity contribution in [1.29, 1.82) is 0 Å². The van der Waals surface area contributed by atoms with Crippen molar-refractivity contribution in [3.63, 3.8) is 0 Å². The summed E-state index contributed by atoms with van der Waals surface area (Å²) in [4.78, 5) is 20.6. The minimum atomic E-state index is -4.61. The van der Waals surface area contributed by atoms with Crippen LogP contribution in [0.2, 0.25) is 5.02 Å². The van der Waals surface area contributed by atoms with Crippen molar-refractivity contribution in [3.8, 4) is 5.82 Å². The summed E-state index contributed by atoms with van der Waals surface area (Å²) in [5, 5.41) is -0.440. The van der Waals surface area contributed by atoms with Gasteiger partial charge in [-0.2, -0.15) is 13.2 Å². The minimum absolute atomic E-state index is 0.0609. The molecule has 2 heterocycles. The molecule has 0 radical (unpaired) electrons. The molecule has 1 N–H and O–H groups in total. The molecule has 0 fully saturated rings. The Bertz CT molecular complexity index is 1590. The zero-order valence-corrected chi connectivity index (χ0v) is 21.8. The lowest BCUT2D eigenvalue weighted by atomic mass is 10.2. The molecule has 200 valence electrons. The summed E-state index contributed by atoms with van der Waals surface area (Å²) in [5.74, 6) is 0.928. The standard InChI is InChI=1S/C25H22ClF3N4O4S/c1-3-22-31-20-12-18(25(27,28)29)19(26)13-21(20)33(22)23-9-6-16(14-30-23)10-11-37-24(34)32-38(35,36)17-7-4-15(2)5-8-17/h4-9,12-14H,3,10-11H2,1-2H3,(H,32,34). The van der Waals surface area contributed by atoms with Gasteiger partial charge in [0.05, 0.1) is 33.1 Å². The van der Waals surface area contributed by atoms with E-state index in [1.807, 2.05) is 18.6 Å². The molecule has 0 bridgehead atoms. The van der Waals surface area contributed by atoms with Crippen molar-refractivity contribution >= 4 is 38.8 Å². The number of nitrogens with one attached hydrogen (secondary N) is 1. The third-order valence-corrected chi connectivity index (χ3v) is 7.29. The monoisotopic (exact) mass is 566 g/mol. The first-order chi connectivity index (χ1) is 17.9. The van der Waals surface area contributed by atoms with Gasteiger partial charge in [0.2, 0.25) is 0 Å². The van der Waals surface area contributed by atoms with Gasteiger partial charge in [0.1, 0.15) is 11.6 Å². The van der Waals surface area contributed by atoms with E-state index in [0.717, 1.165) is 11.6 Å². The van der Waals surface area contributed by atoms with Crippen LogP contribution in [0.4, 0.5) is 18.0 Å². The highest BCUT2D eigenvalue weighted by molar-refractivity contribution is 7.90. The third kappa shape index (κ3) is 5.91. The second kappa shape index (κ2) is 10.6. The Morgan fingerprint density at radius 2 is 1.84 bits per heavy atom. The topological polar surface area (TPSA) is 103 Å². The molecular formula is C25H22ClF3N4O4S. The molecule has 0 aliphatic rings. The average molecular weight is 567 g/mol. The number of alkyl halides is 3. The highest BCUT2D eigenvalue weighted by Gasteiger charge is 2.34. The number of pyridine rings is 1. The number of carbonyl (C=O) groups is 1. The predicted octanol–water partition coefficient (Wildman–Crippen LogP) is 5.62. The Kier molecular flexibility index (Phi) is 7.65. The van der Waals surface area contributed by atoms with E-state index >= 15 is 0 Å². The summed E-state index contributed by atoms with van der Waals surface area (Å²) in [5.41, 5.74) is 1.12. The summed E-state index contributed by atoms with van der Waals surface area (Å²) in [6, 6.07) is 11.5. The zero-order chi connectivity index (χ0) is 27.7. The number of ether oxygens (including phenoxy) is 1. The van der Waals surface area contributed by atoms with E-state index < -0.39 is 32.9 Å². The number of fused-ring (bicyclic) bond motifs is 1. The molecule has 0 saturated carbocycles. The number of rotatable bonds is 7. The lowest BCUT2D eigenvalue weighted by Crippen LogP contribution is -2.31. The zero-order valence-electron chi connectivity index (χ0n) is 20.2. The number of imidazole rings is 1. The largest absolute Gasteiger partial charge is 0.448 e. The summed E-state index contributed by atoms with van der Waals surface area (Å²) >= 11 is 5.92. The SMILES string of the molecule is CCc1nc2cc(C(F)(F)F)c(Cl)cc2n1-c1ccc(CCOC(=O)NS(=O)(=O)c2ccc(C)cc2)cn1. The average Bonchev–Trinajstić information content (AvgIpc) is 3.20. The van der Waals surface area contributed by atoms with Crippen molar-refractivity contribution in [2.45, 2.75) is 37.8 Å². The number of carbonyl (C=O) groups excluding carboxylic acids is 1. The van der Waals surface area contributed by atoms with Gasteiger partial charge in [-0.15, -0.1) is 0 Å². The maximum absolute atomic E-state index is 13.3. The van der Waals surface area contributed by atoms with Crippen molar-refractivity contribution in [2.75, 3.05) is 6.61 Å². The van der Waals surface area contributed by atoms with E-state index in [-0.39, 0.29) is 23.4 Å². The van der Waals surface area contributed by atoms with Crippen LogP contribution in [0.15, 0.2) is 59.6 Å². The Morgan fingerprint density at radius 3 is 2.45 bits per heavy atom. The maximum Gasteiger partial charge on any atom is 0.421 e. The van der Waals surface area contributed by atoms with E-state index in [1.54, 1.807) is 28.8 Å². The third-order valence-electron chi connectivity index (χ3n) is 5.65. The minimum Gasteiger partial charge on any atom is -0.448 e. The summed E-state index contributed by atoms with van der Waals surface area (Å²) < 4.78 is 72.8. The molecule has 4 rings (SSSR count). The number of aryl methyl sites for hydroxylation is 2. The second-order valence-corrected chi connectivity index (χ2v) is 10.5. The molecule has 1 amide bonds. The summed E-state index contributed by atoms with van der Waals surface area (Å²) in [6.07, 6.45) is -3.51. The van der Waals surface area contributed by atoms with Crippen LogP contribution in [0, 0.1) is 6.92 Å². The maximum atomic E-state index is 13.3. The van der Waals surface area contributed by atoms with Crippen LogP contribution in [0.3, 0.4) is 0 Å². The first kappa shape index (κ1) is 27.4. The lowest BCUT2D eigenvalue weighted by molar-refractivity contribution is -0.137. The molecule has 4 aromatic rings. The van der Waals surface area contributed by atoms with Gasteiger partial charge < -0.3 is 4.74 Å². The van der Waals surface area contributed by atoms with Crippen LogP contribution in [-0.2, 0) is 33.8 Å². The van der Waals surface area contributed by atoms with Crippen LogP contribution in [-0.4, -0.2) is 35.7 Å². The van der Waals surface area contributed by atoms with Gasteiger partial charge >= 0.3 is 12.3 Å². The number of hydrogen-bond donors (Lipinski definition) is 1. The first-order valence-electron chi connectivity index (χ1n) is 11.4. The summed E-state index contributed by atoms with van der Waals surface area (Å²) in [6.45, 7) is 3.52. The number of hydrogen-bond acceptors (Lipinski definition) is 6. The van der Waals surface area contributed by atoms with Crippen molar-refractivity contribution in [2.24, 2.45) is 0 Å². The highest BCUT2D eigenvalue weighted by Crippen LogP contribution is 2.37. The van der Waals surface area contributed by atoms with Gasteiger partial charge in [0.25, 0.3) is 10.0 Å². The molecule has 2 aromatic heterocycles. The van der Waals surface area contributed by atoms with Gasteiger partial charge in [0.15, 0.2) is 0 Å². The van der Waals surface area contributed by atoms with E-state index in [0.29, 0.717) is 29.1 Å². The molecule has 0 aliphatic heterocycles. The number of sulfonamides is 1. The van der Waals surface area contributed by atoms with Gasteiger partial charge in [-0.3, -0.25) is 4.57 Å². The Morgan fingerprint density at radius 1 is 1.13 bits per heavy atom. The normalized spacial score (nSPS) is 12.1. The molecule has 8 nitrogen and oxygen atoms in total. The Labute approximate surface area is 221 Å². The van der Waals surface area contributed by atoms with Crippen LogP contribution >= 0.6 is 11.6 Å². The molecule has 0 saturated heterocycles. The predicted molar refractivity (Wildman–Crippen MR) is 135 cm³/mol. The summed E-state index contributed by atoms with van der Waals surface area (Å²) in [7, 11) is -4.06. The molecule has 13 heteroatoms. The van der Waals surface area contributed by atoms with E-state index in [1.165, 1.54) is 24.4 Å². The Balaban J connectivity index is 1.44. The van der Waals surface area contributed by atoms with E-state index in [9.17, 15) is 26.4 Å². The molecule has 2 aromatic carbocycles. The fourth-order valence-corrected chi connectivity index (χ4v) is 4.89. The van der Waals surface area contributed by atoms with Gasteiger partial charge in [0, 0.05) is 19.0 Å². The quantitative estimate of drug-likeness (QED) is 0.311. The lowest BCUT2D eigenvalue weighted by Gasteiger charge is -2.11. The first-order valence-corrected chi connectivity index (χ1v) is 13.2. The molecule has 0 spiro atoms. The molecule has 0 aliphatic carbocycles. The van der Waals surface area contributed by atoms with Gasteiger partial charge in [-0.05, 0) is 42.8 Å². The van der Waals surface area contributed by atoms with Crippen LogP contribution < -0.4 is 4.72 Å². The number of benzene rings is 2. The van der Waals surface area contributed by atoms with Gasteiger partial charge in [-0.25, -0.2) is 27.9 Å². The smallest absolute Gasteiger partial charge is 0.421 e. The van der Waals surface area contributed by atoms with Crippen molar-refractivity contribution in [1.82, 2.24) is 19.3 Å². The van der Waals surface area contributed by atoms with Crippen LogP contribution in [0.25, 0.3) is 16.9 Å². The fraction of sp³-hybridized carbons (Fsp3) is 0.240. The number of halogens is 4. The second-order valence-electron chi connectivity index (χ2n) is 8.36. The van der Waals surface area contributed by atoms with Crippen LogP contribution in [0.5, 0.6) is 0 Å². The number of amides is 1. The highest BCUT2D eigenvalue weighted by atomic mass is 35.5. The molecular weight excluding hydrogens is 545 g/mol. The van der Waals surface area contributed by atoms with E-state index in [2.05, 4.69) is 9.97 Å². The van der Waals surface area contributed by atoms with Crippen molar-refractivity contribution < 1.29 is 31.1 Å². The van der Waals surface area contributed by atoms with Crippen LogP contribution in [0.1, 0.15) is 29.4 Å². The fourth-order valence-electron chi connectivity index (χ4n) is 3.73. The molecule has 0 atom stereocenters. The molecule has 38 heavy (non-hydrogen) atoms. The van der Waals surface area contributed by atoms with E-state index in [4.69, 9.17) is 16.3 Å². The van der Waals surface area contributed by atoms with Crippen molar-refractivity contribution in [3.05, 3.63) is 82.3 Å². The van der Waals surface area contributed by atoms with Gasteiger partial charge in [-0.1, -0.05) is 42.3 Å².